The maximum atomic E-state index is 4.82. The maximum Gasteiger partial charge on any atom is 0.193 e. The number of guanidine groups is 1. The summed E-state index contributed by atoms with van der Waals surface area (Å²) in [6.45, 7) is 1.54. The molecule has 0 unspecified atom stereocenters. The Morgan fingerprint density at radius 1 is 1.50 bits per heavy atom. The molecule has 0 aliphatic heterocycles. The highest BCUT2D eigenvalue weighted by atomic mass is 127. The van der Waals surface area contributed by atoms with Crippen LogP contribution in [-0.4, -0.2) is 36.7 Å². The second-order valence-corrected chi connectivity index (χ2v) is 4.98. The van der Waals surface area contributed by atoms with Crippen LogP contribution in [0.5, 0.6) is 0 Å². The van der Waals surface area contributed by atoms with Crippen LogP contribution in [-0.2, 0) is 13.0 Å². The number of rotatable bonds is 5. The summed E-state index contributed by atoms with van der Waals surface area (Å²) in [4.78, 5) is 6.28. The predicted molar refractivity (Wildman–Crippen MR) is 92.8 cm³/mol. The molecule has 2 heterocycles. The van der Waals surface area contributed by atoms with Gasteiger partial charge in [-0.2, -0.15) is 11.3 Å². The molecule has 0 fully saturated rings. The molecule has 1 N–H and O–H groups in total. The maximum absolute atomic E-state index is 4.82. The zero-order valence-corrected chi connectivity index (χ0v) is 14.7. The molecule has 0 radical (unpaired) electrons. The minimum atomic E-state index is 0. The van der Waals surface area contributed by atoms with E-state index in [2.05, 4.69) is 32.3 Å². The quantitative estimate of drug-likeness (QED) is 0.471. The number of nitrogens with one attached hydrogen (secondary N) is 1. The van der Waals surface area contributed by atoms with Gasteiger partial charge >= 0.3 is 0 Å². The number of aliphatic imine (C=N–C) groups is 1. The highest BCUT2D eigenvalue weighted by molar-refractivity contribution is 14.0. The summed E-state index contributed by atoms with van der Waals surface area (Å²) in [5.74, 6) is 0.859. The van der Waals surface area contributed by atoms with E-state index in [4.69, 9.17) is 4.52 Å². The number of nitrogens with zero attached hydrogens (tertiary/aromatic N) is 3. The van der Waals surface area contributed by atoms with Crippen molar-refractivity contribution in [3.05, 3.63) is 40.4 Å². The van der Waals surface area contributed by atoms with Crippen LogP contribution in [0, 0.1) is 0 Å². The topological polar surface area (TPSA) is 53.7 Å². The number of hydrogen-bond acceptors (Lipinski definition) is 4. The third-order valence-electron chi connectivity index (χ3n) is 2.74. The van der Waals surface area contributed by atoms with Gasteiger partial charge in [0.25, 0.3) is 0 Å². The van der Waals surface area contributed by atoms with Gasteiger partial charge < -0.3 is 14.7 Å². The molecule has 2 aromatic rings. The molecule has 0 bridgehead atoms. The van der Waals surface area contributed by atoms with E-state index in [1.54, 1.807) is 24.6 Å². The first-order valence-electron chi connectivity index (χ1n) is 6.11. The fraction of sp³-hybridized carbons (Fsp3) is 0.385. The molecule has 0 saturated heterocycles. The average Bonchev–Trinajstić information content (AvgIpc) is 3.07. The van der Waals surface area contributed by atoms with E-state index in [-0.39, 0.29) is 24.0 Å². The molecule has 2 rings (SSSR count). The number of aromatic nitrogens is 1. The first kappa shape index (κ1) is 17.0. The standard InChI is InChI=1S/C13H18N4OS.HI/c1-14-13(15-6-3-11-5-8-19-10-11)17(2)9-12-4-7-18-16-12;/h4-5,7-8,10H,3,6,9H2,1-2H3,(H,14,15);1H. The third-order valence-corrected chi connectivity index (χ3v) is 3.47. The van der Waals surface area contributed by atoms with Crippen molar-refractivity contribution < 1.29 is 4.52 Å². The summed E-state index contributed by atoms with van der Waals surface area (Å²) in [5, 5.41) is 11.5. The molecule has 0 aliphatic rings. The molecular weight excluding hydrogens is 387 g/mol. The number of halogens is 1. The van der Waals surface area contributed by atoms with Gasteiger partial charge in [0.15, 0.2) is 5.96 Å². The first-order chi connectivity index (χ1) is 9.29. The molecule has 20 heavy (non-hydrogen) atoms. The highest BCUT2D eigenvalue weighted by Crippen LogP contribution is 2.06. The minimum Gasteiger partial charge on any atom is -0.364 e. The third kappa shape index (κ3) is 5.12. The van der Waals surface area contributed by atoms with Crippen molar-refractivity contribution in [1.82, 2.24) is 15.4 Å². The van der Waals surface area contributed by atoms with Crippen LogP contribution < -0.4 is 5.32 Å². The Morgan fingerprint density at radius 3 is 2.95 bits per heavy atom. The van der Waals surface area contributed by atoms with Crippen molar-refractivity contribution >= 4 is 41.3 Å². The Hall–Kier alpha value is -1.09. The summed E-state index contributed by atoms with van der Waals surface area (Å²) in [6, 6.07) is 4.00. The Bertz CT molecular complexity index is 498. The van der Waals surface area contributed by atoms with Gasteiger partial charge in [0.05, 0.1) is 6.54 Å². The van der Waals surface area contributed by atoms with Gasteiger partial charge in [-0.1, -0.05) is 5.16 Å². The summed E-state index contributed by atoms with van der Waals surface area (Å²) in [7, 11) is 3.76. The summed E-state index contributed by atoms with van der Waals surface area (Å²) < 4.78 is 4.82. The summed E-state index contributed by atoms with van der Waals surface area (Å²) in [6.07, 6.45) is 2.58. The molecular formula is C13H19IN4OS. The lowest BCUT2D eigenvalue weighted by Crippen LogP contribution is -2.39. The van der Waals surface area contributed by atoms with Crippen LogP contribution in [0.4, 0.5) is 0 Å². The Morgan fingerprint density at radius 2 is 2.35 bits per heavy atom. The lowest BCUT2D eigenvalue weighted by atomic mass is 10.2. The fourth-order valence-corrected chi connectivity index (χ4v) is 2.48. The first-order valence-corrected chi connectivity index (χ1v) is 7.06. The van der Waals surface area contributed by atoms with E-state index in [0.29, 0.717) is 6.54 Å². The molecule has 5 nitrogen and oxygen atoms in total. The second kappa shape index (κ2) is 8.96. The van der Waals surface area contributed by atoms with Crippen LogP contribution in [0.3, 0.4) is 0 Å². The van der Waals surface area contributed by atoms with Gasteiger partial charge in [0, 0.05) is 26.7 Å². The van der Waals surface area contributed by atoms with Gasteiger partial charge in [-0.15, -0.1) is 24.0 Å². The van der Waals surface area contributed by atoms with Crippen LogP contribution in [0.1, 0.15) is 11.3 Å². The monoisotopic (exact) mass is 406 g/mol. The number of thiophene rings is 1. The molecule has 0 aromatic carbocycles. The van der Waals surface area contributed by atoms with Gasteiger partial charge in [-0.25, -0.2) is 0 Å². The van der Waals surface area contributed by atoms with Gasteiger partial charge in [0.1, 0.15) is 12.0 Å². The molecule has 0 aliphatic carbocycles. The van der Waals surface area contributed by atoms with E-state index in [1.165, 1.54) is 5.56 Å². The normalized spacial score (nSPS) is 11.0. The zero-order chi connectivity index (χ0) is 13.5. The largest absolute Gasteiger partial charge is 0.364 e. The van der Waals surface area contributed by atoms with Gasteiger partial charge in [0.2, 0.25) is 0 Å². The Balaban J connectivity index is 0.00000200. The lowest BCUT2D eigenvalue weighted by Gasteiger charge is -2.20. The van der Waals surface area contributed by atoms with Crippen molar-refractivity contribution in [2.24, 2.45) is 4.99 Å². The molecule has 2 aromatic heterocycles. The molecule has 110 valence electrons. The van der Waals surface area contributed by atoms with E-state index in [1.807, 2.05) is 18.0 Å². The highest BCUT2D eigenvalue weighted by Gasteiger charge is 2.07. The van der Waals surface area contributed by atoms with Gasteiger partial charge in [-0.05, 0) is 28.8 Å². The van der Waals surface area contributed by atoms with Crippen molar-refractivity contribution in [3.63, 3.8) is 0 Å². The average molecular weight is 406 g/mol. The van der Waals surface area contributed by atoms with E-state index < -0.39 is 0 Å². The number of hydrogen-bond donors (Lipinski definition) is 1. The summed E-state index contributed by atoms with van der Waals surface area (Å²) >= 11 is 1.73. The van der Waals surface area contributed by atoms with Crippen molar-refractivity contribution in [2.45, 2.75) is 13.0 Å². The molecule has 0 spiro atoms. The summed E-state index contributed by atoms with van der Waals surface area (Å²) in [5.41, 5.74) is 2.25. The van der Waals surface area contributed by atoms with Gasteiger partial charge in [-0.3, -0.25) is 4.99 Å². The molecule has 7 heteroatoms. The van der Waals surface area contributed by atoms with Crippen molar-refractivity contribution in [2.75, 3.05) is 20.6 Å². The molecule has 0 atom stereocenters. The SMILES string of the molecule is CN=C(NCCc1ccsc1)N(C)Cc1ccon1.I. The van der Waals surface area contributed by atoms with E-state index >= 15 is 0 Å². The van der Waals surface area contributed by atoms with Crippen LogP contribution in [0.25, 0.3) is 0 Å². The van der Waals surface area contributed by atoms with Crippen molar-refractivity contribution in [1.29, 1.82) is 0 Å². The zero-order valence-electron chi connectivity index (χ0n) is 11.6. The second-order valence-electron chi connectivity index (χ2n) is 4.20. The van der Waals surface area contributed by atoms with E-state index in [0.717, 1.165) is 24.6 Å². The van der Waals surface area contributed by atoms with Crippen molar-refractivity contribution in [3.8, 4) is 0 Å². The smallest absolute Gasteiger partial charge is 0.193 e. The minimum absolute atomic E-state index is 0. The lowest BCUT2D eigenvalue weighted by molar-refractivity contribution is 0.391. The molecule has 0 saturated carbocycles. The van der Waals surface area contributed by atoms with Crippen LogP contribution in [0.15, 0.2) is 38.7 Å². The molecule has 0 amide bonds. The Labute approximate surface area is 140 Å². The van der Waals surface area contributed by atoms with Crippen LogP contribution >= 0.6 is 35.3 Å². The fourth-order valence-electron chi connectivity index (χ4n) is 1.78. The van der Waals surface area contributed by atoms with Crippen LogP contribution in [0.2, 0.25) is 0 Å². The Kier molecular flexibility index (Phi) is 7.60. The van der Waals surface area contributed by atoms with E-state index in [9.17, 15) is 0 Å². The predicted octanol–water partition coefficient (Wildman–Crippen LogP) is 2.60.